The molecule has 7 aromatic carbocycles. The van der Waals surface area contributed by atoms with E-state index in [1.54, 1.807) is 0 Å². The van der Waals surface area contributed by atoms with Crippen LogP contribution >= 0.6 is 0 Å². The van der Waals surface area contributed by atoms with Crippen LogP contribution in [0.15, 0.2) is 0 Å². The lowest BCUT2D eigenvalue weighted by Crippen LogP contribution is -2.05. The molecule has 0 radical (unpaired) electrons. The second-order valence-electron chi connectivity index (χ2n) is 15.8. The largest absolute Gasteiger partial charge is 0.0443 e. The standard InChI is InChI=1S/C48H54/c1-19-23(5)31(13)41-37(27(19)9)38-28(10)20(2)24(6)32(14)42(38)46-36(18)48-44-34(16)26(8)22(4)30(12)40(44)39-29(11)21(3)25(7)33(15)43(39)47(48)35(17)45(41)46/h1-18H3. The highest BCUT2D eigenvalue weighted by atomic mass is 14.3. The zero-order valence-corrected chi connectivity index (χ0v) is 33.0. The topological polar surface area (TPSA) is 0 Å². The fourth-order valence-corrected chi connectivity index (χ4v) is 10.0. The fraction of sp³-hybridized carbons (Fsp3) is 0.375. The molecular formula is C48H54. The van der Waals surface area contributed by atoms with Crippen molar-refractivity contribution in [3.63, 3.8) is 0 Å². The van der Waals surface area contributed by atoms with E-state index in [2.05, 4.69) is 125 Å². The Kier molecular flexibility index (Phi) is 7.01. The Morgan fingerprint density at radius 3 is 0.292 bits per heavy atom. The molecule has 0 saturated carbocycles. The normalized spacial score (nSPS) is 12.4. The molecule has 48 heavy (non-hydrogen) atoms. The minimum Gasteiger partial charge on any atom is -0.0443 e. The van der Waals surface area contributed by atoms with Gasteiger partial charge in [-0.1, -0.05) is 0 Å². The van der Waals surface area contributed by atoms with Crippen LogP contribution in [-0.4, -0.2) is 0 Å². The Bertz CT molecular complexity index is 2330. The number of benzene rings is 7. The van der Waals surface area contributed by atoms with Crippen molar-refractivity contribution in [3.05, 3.63) is 100 Å². The minimum atomic E-state index is 1.43. The van der Waals surface area contributed by atoms with Gasteiger partial charge in [0.25, 0.3) is 0 Å². The van der Waals surface area contributed by atoms with Crippen molar-refractivity contribution in [1.82, 2.24) is 0 Å². The highest BCUT2D eigenvalue weighted by Gasteiger charge is 2.28. The quantitative estimate of drug-likeness (QED) is 0.116. The van der Waals surface area contributed by atoms with E-state index in [0.29, 0.717) is 0 Å². The summed E-state index contributed by atoms with van der Waals surface area (Å²) in [6.45, 7) is 42.7. The van der Waals surface area contributed by atoms with E-state index in [1.807, 2.05) is 0 Å². The van der Waals surface area contributed by atoms with Gasteiger partial charge in [-0.3, -0.25) is 0 Å². The zero-order chi connectivity index (χ0) is 35.3. The van der Waals surface area contributed by atoms with Crippen LogP contribution in [0, 0.1) is 125 Å². The third-order valence-electron chi connectivity index (χ3n) is 14.2. The molecule has 0 N–H and O–H groups in total. The molecule has 0 heterocycles. The van der Waals surface area contributed by atoms with Crippen LogP contribution in [0.1, 0.15) is 100 Å². The number of aryl methyl sites for hydroxylation is 10. The lowest BCUT2D eigenvalue weighted by molar-refractivity contribution is 1.24. The molecule has 0 spiro atoms. The first kappa shape index (κ1) is 32.6. The van der Waals surface area contributed by atoms with Crippen LogP contribution in [-0.2, 0) is 0 Å². The number of fused-ring (bicyclic) bond motifs is 12. The van der Waals surface area contributed by atoms with Gasteiger partial charge in [0.1, 0.15) is 0 Å². The molecule has 7 aromatic rings. The van der Waals surface area contributed by atoms with Crippen molar-refractivity contribution in [1.29, 1.82) is 0 Å². The van der Waals surface area contributed by atoms with Crippen molar-refractivity contribution >= 4 is 64.6 Å². The van der Waals surface area contributed by atoms with E-state index in [-0.39, 0.29) is 0 Å². The van der Waals surface area contributed by atoms with Crippen molar-refractivity contribution in [2.24, 2.45) is 0 Å². The molecule has 0 amide bonds. The van der Waals surface area contributed by atoms with Gasteiger partial charge in [0.15, 0.2) is 0 Å². The van der Waals surface area contributed by atoms with Crippen molar-refractivity contribution in [2.75, 3.05) is 0 Å². The van der Waals surface area contributed by atoms with Crippen LogP contribution in [0.3, 0.4) is 0 Å². The molecule has 0 aliphatic rings. The number of rotatable bonds is 0. The highest BCUT2D eigenvalue weighted by Crippen LogP contribution is 2.53. The summed E-state index contributed by atoms with van der Waals surface area (Å²) in [5.74, 6) is 0. The average Bonchev–Trinajstić information content (AvgIpc) is 3.07. The van der Waals surface area contributed by atoms with Gasteiger partial charge in [0.2, 0.25) is 0 Å². The maximum atomic E-state index is 2.46. The SMILES string of the molecule is Cc1c(C)c(C)c2c(c1C)c1c(C)c(C)c(C)c(C)c1c1c(C)c3c4c(C)c(C)c(C)c(C)c4c4c(C)c(C)c(C)c(C)c4c3c(C)c21. The van der Waals surface area contributed by atoms with Crippen molar-refractivity contribution in [3.8, 4) is 0 Å². The van der Waals surface area contributed by atoms with Gasteiger partial charge in [-0.25, -0.2) is 0 Å². The van der Waals surface area contributed by atoms with Gasteiger partial charge in [-0.15, -0.1) is 0 Å². The Morgan fingerprint density at radius 2 is 0.188 bits per heavy atom. The lowest BCUT2D eigenvalue weighted by atomic mass is 9.75. The van der Waals surface area contributed by atoms with Gasteiger partial charge < -0.3 is 0 Å². The molecular weight excluding hydrogens is 577 g/mol. The van der Waals surface area contributed by atoms with Crippen LogP contribution < -0.4 is 0 Å². The molecule has 0 fully saturated rings. The van der Waals surface area contributed by atoms with E-state index < -0.39 is 0 Å². The van der Waals surface area contributed by atoms with E-state index in [9.17, 15) is 0 Å². The molecule has 0 aliphatic carbocycles. The molecule has 0 atom stereocenters. The van der Waals surface area contributed by atoms with Crippen molar-refractivity contribution < 1.29 is 0 Å². The minimum absolute atomic E-state index is 1.43. The fourth-order valence-electron chi connectivity index (χ4n) is 10.0. The smallest absolute Gasteiger partial charge is 0.00574 e. The first-order chi connectivity index (χ1) is 22.4. The van der Waals surface area contributed by atoms with Gasteiger partial charge in [-0.05, 0) is 289 Å². The van der Waals surface area contributed by atoms with Gasteiger partial charge in [-0.2, -0.15) is 0 Å². The van der Waals surface area contributed by atoms with E-state index in [0.717, 1.165) is 0 Å². The summed E-state index contributed by atoms with van der Waals surface area (Å²) in [7, 11) is 0. The molecule has 246 valence electrons. The van der Waals surface area contributed by atoms with Crippen LogP contribution in [0.25, 0.3) is 64.6 Å². The summed E-state index contributed by atoms with van der Waals surface area (Å²) in [5.41, 5.74) is 25.7. The van der Waals surface area contributed by atoms with Crippen LogP contribution in [0.4, 0.5) is 0 Å². The molecule has 0 aliphatic heterocycles. The highest BCUT2D eigenvalue weighted by molar-refractivity contribution is 6.38. The van der Waals surface area contributed by atoms with Crippen molar-refractivity contribution in [2.45, 2.75) is 125 Å². The Labute approximate surface area is 288 Å². The summed E-state index contributed by atoms with van der Waals surface area (Å²) in [6, 6.07) is 0. The lowest BCUT2D eigenvalue weighted by Gasteiger charge is -2.28. The van der Waals surface area contributed by atoms with Gasteiger partial charge >= 0.3 is 0 Å². The predicted octanol–water partition coefficient (Wildman–Crippen LogP) is 14.2. The van der Waals surface area contributed by atoms with E-state index in [1.165, 1.54) is 165 Å². The molecule has 0 aromatic heterocycles. The van der Waals surface area contributed by atoms with Gasteiger partial charge in [0.05, 0.1) is 0 Å². The Balaban J connectivity index is 2.07. The maximum Gasteiger partial charge on any atom is -0.00574 e. The van der Waals surface area contributed by atoms with E-state index >= 15 is 0 Å². The summed E-state index contributed by atoms with van der Waals surface area (Å²) < 4.78 is 0. The molecule has 7 rings (SSSR count). The monoisotopic (exact) mass is 630 g/mol. The summed E-state index contributed by atoms with van der Waals surface area (Å²) in [5, 5.41) is 17.6. The number of hydrogen-bond acceptors (Lipinski definition) is 0. The summed E-state index contributed by atoms with van der Waals surface area (Å²) in [6.07, 6.45) is 0. The number of hydrogen-bond donors (Lipinski definition) is 0. The maximum absolute atomic E-state index is 2.46. The first-order valence-electron chi connectivity index (χ1n) is 18.0. The molecule has 0 saturated heterocycles. The molecule has 0 bridgehead atoms. The average molecular weight is 631 g/mol. The van der Waals surface area contributed by atoms with E-state index in [4.69, 9.17) is 0 Å². The second-order valence-corrected chi connectivity index (χ2v) is 15.8. The third kappa shape index (κ3) is 3.62. The second kappa shape index (κ2) is 10.3. The Hall–Kier alpha value is -3.90. The molecule has 0 unspecified atom stereocenters. The zero-order valence-electron chi connectivity index (χ0n) is 33.0. The molecule has 0 heteroatoms. The van der Waals surface area contributed by atoms with Crippen LogP contribution in [0.5, 0.6) is 0 Å². The predicted molar refractivity (Wildman–Crippen MR) is 217 cm³/mol. The Morgan fingerprint density at radius 1 is 0.104 bits per heavy atom. The summed E-state index contributed by atoms with van der Waals surface area (Å²) in [4.78, 5) is 0. The van der Waals surface area contributed by atoms with Crippen LogP contribution in [0.2, 0.25) is 0 Å². The molecule has 0 nitrogen and oxygen atoms in total. The first-order valence-corrected chi connectivity index (χ1v) is 18.0. The third-order valence-corrected chi connectivity index (χ3v) is 14.2. The van der Waals surface area contributed by atoms with Gasteiger partial charge in [0, 0.05) is 0 Å². The summed E-state index contributed by atoms with van der Waals surface area (Å²) >= 11 is 0.